The first-order valence-electron chi connectivity index (χ1n) is 16.9. The Kier molecular flexibility index (Phi) is 8.04. The minimum atomic E-state index is -3.16. The van der Waals surface area contributed by atoms with Crippen molar-refractivity contribution in [3.8, 4) is 78.7 Å². The quantitative estimate of drug-likeness (QED) is 0.158. The van der Waals surface area contributed by atoms with E-state index in [-0.39, 0.29) is 11.1 Å². The monoisotopic (exact) mass is 787 g/mol. The Bertz CT molecular complexity index is 2540. The van der Waals surface area contributed by atoms with E-state index < -0.39 is 5.92 Å². The molecule has 0 amide bonds. The Morgan fingerprint density at radius 3 is 1.31 bits per heavy atom. The highest BCUT2D eigenvalue weighted by molar-refractivity contribution is 14.1. The van der Waals surface area contributed by atoms with Gasteiger partial charge < -0.3 is 0 Å². The van der Waals surface area contributed by atoms with Gasteiger partial charge >= 0.3 is 0 Å². The largest absolute Gasteiger partial charge is 0.299 e. The number of halogens is 3. The molecular formula is C46H28F2IN3. The summed E-state index contributed by atoms with van der Waals surface area (Å²) in [5, 5.41) is 0. The average molecular weight is 788 g/mol. The summed E-state index contributed by atoms with van der Waals surface area (Å²) >= 11 is 2.34. The molecule has 8 aromatic rings. The minimum absolute atomic E-state index is 0.0233. The van der Waals surface area contributed by atoms with E-state index in [2.05, 4.69) is 40.8 Å². The third-order valence-electron chi connectivity index (χ3n) is 9.51. The van der Waals surface area contributed by atoms with Gasteiger partial charge in [-0.2, -0.15) is 8.78 Å². The second-order valence-corrected chi connectivity index (χ2v) is 13.8. The van der Waals surface area contributed by atoms with E-state index in [0.29, 0.717) is 22.5 Å². The number of rotatable bonds is 6. The number of aromatic nitrogens is 3. The summed E-state index contributed by atoms with van der Waals surface area (Å²) in [6, 6.07) is 54.4. The van der Waals surface area contributed by atoms with Crippen LogP contribution in [0.2, 0.25) is 0 Å². The number of nitrogens with zero attached hydrogens (tertiary/aromatic N) is 3. The van der Waals surface area contributed by atoms with Gasteiger partial charge in [0.15, 0.2) is 5.82 Å². The van der Waals surface area contributed by atoms with Crippen molar-refractivity contribution in [1.29, 1.82) is 0 Å². The van der Waals surface area contributed by atoms with Gasteiger partial charge in [0, 0.05) is 42.5 Å². The molecular weight excluding hydrogens is 759 g/mol. The molecule has 0 saturated carbocycles. The first-order valence-corrected chi connectivity index (χ1v) is 18.0. The first-order chi connectivity index (χ1) is 25.4. The van der Waals surface area contributed by atoms with Crippen molar-refractivity contribution in [3.05, 3.63) is 185 Å². The highest BCUT2D eigenvalue weighted by Gasteiger charge is 2.44. The molecule has 1 aliphatic rings. The van der Waals surface area contributed by atoms with E-state index in [4.69, 9.17) is 15.0 Å². The van der Waals surface area contributed by atoms with E-state index in [9.17, 15) is 0 Å². The summed E-state index contributed by atoms with van der Waals surface area (Å²) in [5.41, 5.74) is 10.3. The van der Waals surface area contributed by atoms with Gasteiger partial charge in [0.1, 0.15) is 0 Å². The number of benzene rings is 6. The van der Waals surface area contributed by atoms with Crippen molar-refractivity contribution in [2.24, 2.45) is 0 Å². The molecule has 6 heteroatoms. The molecule has 3 nitrogen and oxygen atoms in total. The van der Waals surface area contributed by atoms with Gasteiger partial charge in [0.05, 0.1) is 22.8 Å². The molecule has 2 aromatic heterocycles. The molecule has 0 radical (unpaired) electrons. The zero-order valence-electron chi connectivity index (χ0n) is 27.6. The van der Waals surface area contributed by atoms with Crippen LogP contribution in [0.4, 0.5) is 8.78 Å². The predicted molar refractivity (Wildman–Crippen MR) is 214 cm³/mol. The van der Waals surface area contributed by atoms with Crippen molar-refractivity contribution in [1.82, 2.24) is 15.0 Å². The molecule has 248 valence electrons. The molecule has 1 aliphatic carbocycles. The topological polar surface area (TPSA) is 38.7 Å². The molecule has 0 saturated heterocycles. The Morgan fingerprint density at radius 2 is 0.808 bits per heavy atom. The fourth-order valence-corrected chi connectivity index (χ4v) is 7.81. The van der Waals surface area contributed by atoms with E-state index in [1.807, 2.05) is 127 Å². The Hall–Kier alpha value is -5.86. The number of hydrogen-bond acceptors (Lipinski definition) is 3. The lowest BCUT2D eigenvalue weighted by Gasteiger charge is -2.15. The second-order valence-electron chi connectivity index (χ2n) is 12.7. The fourth-order valence-electron chi connectivity index (χ4n) is 6.91. The summed E-state index contributed by atoms with van der Waals surface area (Å²) in [6.45, 7) is 0. The third kappa shape index (κ3) is 5.69. The lowest BCUT2D eigenvalue weighted by molar-refractivity contribution is 0.0480. The summed E-state index contributed by atoms with van der Waals surface area (Å²) in [5.74, 6) is -2.69. The van der Waals surface area contributed by atoms with Gasteiger partial charge in [0.2, 0.25) is 0 Å². The summed E-state index contributed by atoms with van der Waals surface area (Å²) in [4.78, 5) is 15.1. The molecule has 9 rings (SSSR count). The lowest BCUT2D eigenvalue weighted by Crippen LogP contribution is -2.10. The zero-order chi connectivity index (χ0) is 35.2. The Labute approximate surface area is 313 Å². The van der Waals surface area contributed by atoms with Crippen molar-refractivity contribution < 1.29 is 8.78 Å². The van der Waals surface area contributed by atoms with Gasteiger partial charge in [0.25, 0.3) is 5.92 Å². The van der Waals surface area contributed by atoms with E-state index >= 15 is 8.78 Å². The smallest absolute Gasteiger partial charge is 0.247 e. The Morgan fingerprint density at radius 1 is 0.385 bits per heavy atom. The van der Waals surface area contributed by atoms with Crippen LogP contribution in [0, 0.1) is 3.57 Å². The van der Waals surface area contributed by atoms with Crippen LogP contribution in [-0.4, -0.2) is 15.0 Å². The normalized spacial score (nSPS) is 12.7. The van der Waals surface area contributed by atoms with Crippen LogP contribution < -0.4 is 0 Å². The number of hydrogen-bond donors (Lipinski definition) is 0. The van der Waals surface area contributed by atoms with Crippen LogP contribution in [-0.2, 0) is 5.92 Å². The molecule has 0 fully saturated rings. The minimum Gasteiger partial charge on any atom is -0.247 e. The lowest BCUT2D eigenvalue weighted by atomic mass is 9.97. The number of pyridine rings is 1. The van der Waals surface area contributed by atoms with Gasteiger partial charge in [-0.15, -0.1) is 0 Å². The maximum atomic E-state index is 16.2. The third-order valence-corrected chi connectivity index (χ3v) is 10.6. The van der Waals surface area contributed by atoms with Crippen LogP contribution in [0.5, 0.6) is 0 Å². The highest BCUT2D eigenvalue weighted by Crippen LogP contribution is 2.53. The highest BCUT2D eigenvalue weighted by atomic mass is 127. The predicted octanol–water partition coefficient (Wildman–Crippen LogP) is 12.6. The van der Waals surface area contributed by atoms with Crippen LogP contribution in [0.15, 0.2) is 170 Å². The molecule has 0 N–H and O–H groups in total. The van der Waals surface area contributed by atoms with Crippen LogP contribution in [0.3, 0.4) is 0 Å². The molecule has 0 atom stereocenters. The van der Waals surface area contributed by atoms with Gasteiger partial charge in [-0.05, 0) is 69.1 Å². The molecule has 0 unspecified atom stereocenters. The van der Waals surface area contributed by atoms with E-state index in [1.54, 1.807) is 18.2 Å². The number of alkyl halides is 2. The van der Waals surface area contributed by atoms with Crippen LogP contribution in [0.25, 0.3) is 78.7 Å². The van der Waals surface area contributed by atoms with Gasteiger partial charge in [-0.1, -0.05) is 146 Å². The molecule has 0 spiro atoms. The van der Waals surface area contributed by atoms with Crippen molar-refractivity contribution in [2.45, 2.75) is 5.92 Å². The average Bonchev–Trinajstić information content (AvgIpc) is 3.44. The van der Waals surface area contributed by atoms with Crippen LogP contribution in [0.1, 0.15) is 11.1 Å². The summed E-state index contributed by atoms with van der Waals surface area (Å²) < 4.78 is 33.3. The number of fused-ring (bicyclic) bond motifs is 3. The Balaban J connectivity index is 1.21. The van der Waals surface area contributed by atoms with E-state index in [0.717, 1.165) is 59.7 Å². The first kappa shape index (κ1) is 32.1. The standard InChI is InChI=1S/C46H28F2IN3/c47-46(48)38-23-21-33(44-43(49)35(29-13-5-1-6-14-29)27-40(50-44)30-15-7-2-8-16-30)25-36(38)37-26-34(22-24-39(37)46)45-51-41(31-17-9-3-10-18-31)28-42(52-45)32-19-11-4-12-20-32/h1-28H. The van der Waals surface area contributed by atoms with Crippen molar-refractivity contribution >= 4 is 22.6 Å². The summed E-state index contributed by atoms with van der Waals surface area (Å²) in [6.07, 6.45) is 0. The maximum Gasteiger partial charge on any atom is 0.299 e. The molecule has 2 heterocycles. The van der Waals surface area contributed by atoms with Gasteiger partial charge in [-0.25, -0.2) is 15.0 Å². The molecule has 52 heavy (non-hydrogen) atoms. The summed E-state index contributed by atoms with van der Waals surface area (Å²) in [7, 11) is 0. The van der Waals surface area contributed by atoms with Crippen LogP contribution >= 0.6 is 22.6 Å². The van der Waals surface area contributed by atoms with E-state index in [1.165, 1.54) is 6.07 Å². The van der Waals surface area contributed by atoms with Crippen molar-refractivity contribution in [2.75, 3.05) is 0 Å². The SMILES string of the molecule is FC1(F)c2ccc(-c3nc(-c4ccccc4)cc(-c4ccccc4)n3)cc2-c2cc(-c3nc(-c4ccccc4)cc(-c4ccccc4)c3I)ccc21. The molecule has 6 aromatic carbocycles. The zero-order valence-corrected chi connectivity index (χ0v) is 29.8. The second kappa shape index (κ2) is 13.0. The maximum absolute atomic E-state index is 16.2. The van der Waals surface area contributed by atoms with Gasteiger partial charge in [-0.3, -0.25) is 0 Å². The molecule has 0 bridgehead atoms. The van der Waals surface area contributed by atoms with Crippen molar-refractivity contribution in [3.63, 3.8) is 0 Å². The fraction of sp³-hybridized carbons (Fsp3) is 0.0217. The molecule has 0 aliphatic heterocycles.